The van der Waals surface area contributed by atoms with Gasteiger partial charge in [-0.3, -0.25) is 9.97 Å². The van der Waals surface area contributed by atoms with E-state index in [1.807, 2.05) is 0 Å². The van der Waals surface area contributed by atoms with Crippen molar-refractivity contribution < 1.29 is 27.0 Å². The summed E-state index contributed by atoms with van der Waals surface area (Å²) in [6, 6.07) is 0. The minimum absolute atomic E-state index is 0. The summed E-state index contributed by atoms with van der Waals surface area (Å²) in [5, 5.41) is 9.99. The minimum atomic E-state index is -1.30. The molecule has 1 aromatic rings. The molecule has 1 heterocycles. The molecule has 0 N–H and O–H groups in total. The summed E-state index contributed by atoms with van der Waals surface area (Å²) in [5.41, 5.74) is -0.141. The Bertz CT molecular complexity index is 214. The summed E-state index contributed by atoms with van der Waals surface area (Å²) in [4.78, 5) is 17.0. The van der Waals surface area contributed by atoms with Gasteiger partial charge in [-0.2, -0.15) is 0 Å². The van der Waals surface area contributed by atoms with E-state index in [4.69, 9.17) is 0 Å². The first-order valence-corrected chi connectivity index (χ1v) is 2.28. The van der Waals surface area contributed by atoms with E-state index in [1.165, 1.54) is 12.4 Å². The van der Waals surface area contributed by atoms with Crippen LogP contribution in [-0.2, 0) is 17.1 Å². The van der Waals surface area contributed by atoms with E-state index in [0.29, 0.717) is 0 Å². The second-order valence-corrected chi connectivity index (χ2v) is 1.38. The Labute approximate surface area is 67.8 Å². The van der Waals surface area contributed by atoms with Crippen LogP contribution in [0.15, 0.2) is 18.6 Å². The molecular formula is C5H3CuN2O2. The molecule has 1 aromatic heterocycles. The second kappa shape index (κ2) is 3.98. The molecular weight excluding hydrogens is 184 g/mol. The zero-order valence-corrected chi connectivity index (χ0v) is 5.69. The molecule has 0 aliphatic rings. The molecule has 10 heavy (non-hydrogen) atoms. The monoisotopic (exact) mass is 186 g/mol. The molecule has 0 atom stereocenters. The second-order valence-electron chi connectivity index (χ2n) is 1.38. The normalized spacial score (nSPS) is 8.00. The molecule has 0 spiro atoms. The number of aromatic nitrogens is 2. The van der Waals surface area contributed by atoms with Gasteiger partial charge in [0.2, 0.25) is 0 Å². The van der Waals surface area contributed by atoms with Crippen LogP contribution >= 0.6 is 0 Å². The van der Waals surface area contributed by atoms with Gasteiger partial charge in [0.05, 0.1) is 12.2 Å². The van der Waals surface area contributed by atoms with Gasteiger partial charge in [0.25, 0.3) is 0 Å². The Balaban J connectivity index is 0.000000810. The summed E-state index contributed by atoms with van der Waals surface area (Å²) in [6.45, 7) is 0. The molecule has 4 nitrogen and oxygen atoms in total. The van der Waals surface area contributed by atoms with Crippen molar-refractivity contribution in [3.63, 3.8) is 0 Å². The molecule has 56 valence electrons. The van der Waals surface area contributed by atoms with E-state index < -0.39 is 5.97 Å². The molecule has 0 unspecified atom stereocenters. The number of carbonyl (C=O) groups excluding carboxylic acids is 1. The number of hydrogen-bond donors (Lipinski definition) is 0. The number of hydrogen-bond acceptors (Lipinski definition) is 4. The Morgan fingerprint density at radius 3 is 2.50 bits per heavy atom. The van der Waals surface area contributed by atoms with E-state index in [-0.39, 0.29) is 22.8 Å². The number of aromatic carboxylic acids is 1. The first-order valence-electron chi connectivity index (χ1n) is 2.28. The summed E-state index contributed by atoms with van der Waals surface area (Å²) >= 11 is 0. The van der Waals surface area contributed by atoms with Gasteiger partial charge < -0.3 is 9.90 Å². The first kappa shape index (κ1) is 9.07. The van der Waals surface area contributed by atoms with Gasteiger partial charge in [-0.25, -0.2) is 0 Å². The van der Waals surface area contributed by atoms with Gasteiger partial charge in [0, 0.05) is 12.4 Å². The Morgan fingerprint density at radius 2 is 2.20 bits per heavy atom. The van der Waals surface area contributed by atoms with Crippen molar-refractivity contribution in [1.82, 2.24) is 9.97 Å². The van der Waals surface area contributed by atoms with Crippen molar-refractivity contribution in [2.75, 3.05) is 0 Å². The maximum atomic E-state index is 9.99. The molecule has 0 saturated carbocycles. The fourth-order valence-electron chi connectivity index (χ4n) is 0.405. The maximum Gasteiger partial charge on any atom is 1.00 e. The summed E-state index contributed by atoms with van der Waals surface area (Å²) in [6.07, 6.45) is 3.83. The zero-order chi connectivity index (χ0) is 6.69. The van der Waals surface area contributed by atoms with Crippen LogP contribution in [0.1, 0.15) is 10.5 Å². The third-order valence-corrected chi connectivity index (χ3v) is 0.772. The fourth-order valence-corrected chi connectivity index (χ4v) is 0.405. The molecule has 0 bridgehead atoms. The fraction of sp³-hybridized carbons (Fsp3) is 0. The predicted molar refractivity (Wildman–Crippen MR) is 26.4 cm³/mol. The summed E-state index contributed by atoms with van der Waals surface area (Å²) < 4.78 is 0. The quantitative estimate of drug-likeness (QED) is 0.519. The third-order valence-electron chi connectivity index (χ3n) is 0.772. The van der Waals surface area contributed by atoms with Crippen LogP contribution < -0.4 is 5.11 Å². The molecule has 5 heteroatoms. The van der Waals surface area contributed by atoms with Gasteiger partial charge in [0.1, 0.15) is 5.69 Å². The van der Waals surface area contributed by atoms with E-state index >= 15 is 0 Å². The van der Waals surface area contributed by atoms with E-state index in [9.17, 15) is 9.90 Å². The Hall–Kier alpha value is -0.931. The molecule has 0 aliphatic heterocycles. The first-order chi connectivity index (χ1) is 4.30. The van der Waals surface area contributed by atoms with Crippen LogP contribution in [0.3, 0.4) is 0 Å². The molecule has 0 aliphatic carbocycles. The van der Waals surface area contributed by atoms with Crippen molar-refractivity contribution >= 4 is 5.97 Å². The van der Waals surface area contributed by atoms with Crippen LogP contribution in [0.4, 0.5) is 0 Å². The van der Waals surface area contributed by atoms with Gasteiger partial charge >= 0.3 is 17.1 Å². The number of rotatable bonds is 1. The predicted octanol–water partition coefficient (Wildman–Crippen LogP) is -1.16. The molecule has 0 radical (unpaired) electrons. The largest absolute Gasteiger partial charge is 1.00 e. The van der Waals surface area contributed by atoms with E-state index in [2.05, 4.69) is 9.97 Å². The van der Waals surface area contributed by atoms with Crippen LogP contribution in [0.25, 0.3) is 0 Å². The molecule has 1 rings (SSSR count). The van der Waals surface area contributed by atoms with Crippen molar-refractivity contribution in [1.29, 1.82) is 0 Å². The third kappa shape index (κ3) is 2.13. The number of nitrogens with zero attached hydrogens (tertiary/aromatic N) is 2. The molecule has 0 fully saturated rings. The molecule has 0 amide bonds. The summed E-state index contributed by atoms with van der Waals surface area (Å²) in [5.74, 6) is -1.30. The average Bonchev–Trinajstić information content (AvgIpc) is 1.90. The zero-order valence-electron chi connectivity index (χ0n) is 4.74. The number of carboxylic acids is 1. The smallest absolute Gasteiger partial charge is 0.543 e. The van der Waals surface area contributed by atoms with Crippen LogP contribution in [-0.4, -0.2) is 15.9 Å². The van der Waals surface area contributed by atoms with Crippen molar-refractivity contribution in [2.45, 2.75) is 0 Å². The summed E-state index contributed by atoms with van der Waals surface area (Å²) in [7, 11) is 0. The maximum absolute atomic E-state index is 9.99. The van der Waals surface area contributed by atoms with E-state index in [0.717, 1.165) is 6.20 Å². The van der Waals surface area contributed by atoms with Gasteiger partial charge in [0.15, 0.2) is 0 Å². The standard InChI is InChI=1S/C5H4N2O2.Cu/c8-5(9)4-3-6-1-2-7-4;/h1-3H,(H,8,9);/q;+1/p-1. The minimum Gasteiger partial charge on any atom is -0.543 e. The van der Waals surface area contributed by atoms with Crippen molar-refractivity contribution in [3.05, 3.63) is 24.3 Å². The van der Waals surface area contributed by atoms with Crippen LogP contribution in [0.2, 0.25) is 0 Å². The van der Waals surface area contributed by atoms with Gasteiger partial charge in [-0.05, 0) is 0 Å². The van der Waals surface area contributed by atoms with Crippen LogP contribution in [0, 0.1) is 0 Å². The van der Waals surface area contributed by atoms with Crippen molar-refractivity contribution in [3.8, 4) is 0 Å². The average molecular weight is 187 g/mol. The number of carbonyl (C=O) groups is 1. The Morgan fingerprint density at radius 1 is 1.50 bits per heavy atom. The van der Waals surface area contributed by atoms with Crippen LogP contribution in [0.5, 0.6) is 0 Å². The SMILES string of the molecule is O=C([O-])c1cnccn1.[Cu+]. The molecule has 0 aromatic carbocycles. The Kier molecular flexibility index (Phi) is 3.61. The number of carboxylic acid groups (broad SMARTS) is 1. The van der Waals surface area contributed by atoms with Gasteiger partial charge in [-0.15, -0.1) is 0 Å². The molecule has 0 saturated heterocycles. The van der Waals surface area contributed by atoms with Gasteiger partial charge in [-0.1, -0.05) is 0 Å². The topological polar surface area (TPSA) is 65.9 Å². The van der Waals surface area contributed by atoms with E-state index in [1.54, 1.807) is 0 Å². The van der Waals surface area contributed by atoms with Crippen molar-refractivity contribution in [2.24, 2.45) is 0 Å².